The van der Waals surface area contributed by atoms with Gasteiger partial charge in [-0.05, 0) is 17.7 Å². The van der Waals surface area contributed by atoms with Gasteiger partial charge in [-0.1, -0.05) is 19.1 Å². The Hall–Kier alpha value is -3.36. The first kappa shape index (κ1) is 19.4. The summed E-state index contributed by atoms with van der Waals surface area (Å²) in [6.07, 6.45) is 0.501. The summed E-state index contributed by atoms with van der Waals surface area (Å²) in [7, 11) is 5.22. The molecule has 2 heterocycles. The van der Waals surface area contributed by atoms with Gasteiger partial charge >= 0.3 is 5.69 Å². The number of anilines is 1. The van der Waals surface area contributed by atoms with E-state index in [1.165, 1.54) is 12.1 Å². The van der Waals surface area contributed by atoms with Gasteiger partial charge in [0.05, 0.1) is 11.8 Å². The number of hydrogen-bond donors (Lipinski definition) is 2. The van der Waals surface area contributed by atoms with Crippen molar-refractivity contribution in [2.45, 2.75) is 25.8 Å². The SMILES string of the molecule is CCC(=O)N1N=C(c2c(O)n(C)c(=O)[nH]c2=O)C[C@H]1c1ccc(N(C)C)cc1. The maximum atomic E-state index is 12.4. The Kier molecular flexibility index (Phi) is 5.08. The minimum absolute atomic E-state index is 0.0941. The summed E-state index contributed by atoms with van der Waals surface area (Å²) in [4.78, 5) is 40.5. The van der Waals surface area contributed by atoms with Gasteiger partial charge in [0.1, 0.15) is 5.56 Å². The Bertz CT molecular complexity index is 1050. The largest absolute Gasteiger partial charge is 0.494 e. The van der Waals surface area contributed by atoms with Crippen molar-refractivity contribution in [3.63, 3.8) is 0 Å². The van der Waals surface area contributed by atoms with Crippen LogP contribution in [-0.2, 0) is 11.8 Å². The summed E-state index contributed by atoms with van der Waals surface area (Å²) in [6.45, 7) is 1.73. The number of nitrogens with one attached hydrogen (secondary N) is 1. The van der Waals surface area contributed by atoms with E-state index in [2.05, 4.69) is 10.1 Å². The zero-order chi connectivity index (χ0) is 20.6. The zero-order valence-corrected chi connectivity index (χ0v) is 16.3. The summed E-state index contributed by atoms with van der Waals surface area (Å²) in [5.41, 5.74) is 0.602. The highest BCUT2D eigenvalue weighted by molar-refractivity contribution is 6.04. The lowest BCUT2D eigenvalue weighted by Gasteiger charge is -2.22. The second kappa shape index (κ2) is 7.34. The molecule has 1 aliphatic heterocycles. The lowest BCUT2D eigenvalue weighted by Crippen LogP contribution is -2.32. The molecule has 0 spiro atoms. The first-order valence-corrected chi connectivity index (χ1v) is 8.94. The topological polar surface area (TPSA) is 111 Å². The average molecular weight is 385 g/mol. The molecule has 0 aliphatic carbocycles. The molecular formula is C19H23N5O4. The molecule has 1 atom stereocenters. The van der Waals surface area contributed by atoms with E-state index in [0.29, 0.717) is 0 Å². The number of aromatic amines is 1. The van der Waals surface area contributed by atoms with Crippen molar-refractivity contribution < 1.29 is 9.90 Å². The fraction of sp³-hybridized carbons (Fsp3) is 0.368. The van der Waals surface area contributed by atoms with Crippen molar-refractivity contribution in [1.29, 1.82) is 0 Å². The van der Waals surface area contributed by atoms with Gasteiger partial charge in [0.15, 0.2) is 0 Å². The van der Waals surface area contributed by atoms with Crippen LogP contribution in [0.1, 0.15) is 36.9 Å². The molecule has 148 valence electrons. The fourth-order valence-corrected chi connectivity index (χ4v) is 3.18. The molecule has 3 rings (SSSR count). The van der Waals surface area contributed by atoms with Crippen LogP contribution in [0.4, 0.5) is 5.69 Å². The smallest absolute Gasteiger partial charge is 0.330 e. The van der Waals surface area contributed by atoms with Gasteiger partial charge in [0.25, 0.3) is 5.56 Å². The number of nitrogens with zero attached hydrogens (tertiary/aromatic N) is 4. The average Bonchev–Trinajstić information content (AvgIpc) is 3.10. The van der Waals surface area contributed by atoms with E-state index < -0.39 is 23.2 Å². The van der Waals surface area contributed by atoms with Crippen molar-refractivity contribution in [1.82, 2.24) is 14.6 Å². The molecule has 0 saturated carbocycles. The van der Waals surface area contributed by atoms with Crippen LogP contribution in [0.3, 0.4) is 0 Å². The van der Waals surface area contributed by atoms with Crippen LogP contribution in [-0.4, -0.2) is 45.4 Å². The summed E-state index contributed by atoms with van der Waals surface area (Å²) >= 11 is 0. The Balaban J connectivity index is 2.05. The molecule has 0 bridgehead atoms. The Labute approximate surface area is 161 Å². The number of benzene rings is 1. The van der Waals surface area contributed by atoms with Gasteiger partial charge < -0.3 is 10.0 Å². The van der Waals surface area contributed by atoms with E-state index in [1.807, 2.05) is 43.3 Å². The lowest BCUT2D eigenvalue weighted by molar-refractivity contribution is -0.132. The molecule has 0 fully saturated rings. The van der Waals surface area contributed by atoms with Crippen LogP contribution in [0, 0.1) is 0 Å². The molecule has 1 amide bonds. The third-order valence-electron chi connectivity index (χ3n) is 4.84. The zero-order valence-electron chi connectivity index (χ0n) is 16.3. The van der Waals surface area contributed by atoms with E-state index in [-0.39, 0.29) is 30.0 Å². The van der Waals surface area contributed by atoms with E-state index in [4.69, 9.17) is 0 Å². The lowest BCUT2D eigenvalue weighted by atomic mass is 9.98. The van der Waals surface area contributed by atoms with Crippen LogP contribution >= 0.6 is 0 Å². The van der Waals surface area contributed by atoms with E-state index in [0.717, 1.165) is 15.8 Å². The van der Waals surface area contributed by atoms with Crippen LogP contribution < -0.4 is 16.1 Å². The third kappa shape index (κ3) is 3.30. The minimum Gasteiger partial charge on any atom is -0.494 e. The molecule has 2 N–H and O–H groups in total. The highest BCUT2D eigenvalue weighted by Crippen LogP contribution is 2.34. The van der Waals surface area contributed by atoms with Gasteiger partial charge in [0, 0.05) is 39.7 Å². The highest BCUT2D eigenvalue weighted by atomic mass is 16.3. The molecule has 1 aromatic heterocycles. The first-order valence-electron chi connectivity index (χ1n) is 8.94. The number of amides is 1. The molecule has 0 radical (unpaired) electrons. The summed E-state index contributed by atoms with van der Waals surface area (Å²) in [6, 6.07) is 7.32. The molecule has 9 nitrogen and oxygen atoms in total. The quantitative estimate of drug-likeness (QED) is 0.813. The van der Waals surface area contributed by atoms with Gasteiger partial charge in [-0.2, -0.15) is 5.10 Å². The maximum absolute atomic E-state index is 12.4. The van der Waals surface area contributed by atoms with Crippen LogP contribution in [0.5, 0.6) is 5.88 Å². The van der Waals surface area contributed by atoms with Crippen LogP contribution in [0.2, 0.25) is 0 Å². The van der Waals surface area contributed by atoms with Crippen molar-refractivity contribution in [2.75, 3.05) is 19.0 Å². The predicted molar refractivity (Wildman–Crippen MR) is 106 cm³/mol. The molecule has 9 heteroatoms. The maximum Gasteiger partial charge on any atom is 0.330 e. The molecular weight excluding hydrogens is 362 g/mol. The fourth-order valence-electron chi connectivity index (χ4n) is 3.18. The molecule has 2 aromatic rings. The highest BCUT2D eigenvalue weighted by Gasteiger charge is 2.34. The van der Waals surface area contributed by atoms with Crippen molar-refractivity contribution in [2.24, 2.45) is 12.1 Å². The second-order valence-corrected chi connectivity index (χ2v) is 6.86. The van der Waals surface area contributed by atoms with Crippen LogP contribution in [0.15, 0.2) is 39.0 Å². The molecule has 28 heavy (non-hydrogen) atoms. The van der Waals surface area contributed by atoms with Gasteiger partial charge in [-0.25, -0.2) is 9.80 Å². The summed E-state index contributed by atoms with van der Waals surface area (Å²) < 4.78 is 0.935. The normalized spacial score (nSPS) is 16.2. The number of aromatic hydroxyl groups is 1. The van der Waals surface area contributed by atoms with E-state index in [9.17, 15) is 19.5 Å². The third-order valence-corrected chi connectivity index (χ3v) is 4.84. The van der Waals surface area contributed by atoms with Gasteiger partial charge in [-0.15, -0.1) is 0 Å². The number of hydrogen-bond acceptors (Lipinski definition) is 6. The van der Waals surface area contributed by atoms with E-state index >= 15 is 0 Å². The number of carbonyl (C=O) groups is 1. The number of rotatable bonds is 4. The van der Waals surface area contributed by atoms with Crippen molar-refractivity contribution in [3.8, 4) is 5.88 Å². The van der Waals surface area contributed by atoms with Gasteiger partial charge in [0.2, 0.25) is 11.8 Å². The predicted octanol–water partition coefficient (Wildman–Crippen LogP) is 0.933. The number of aromatic nitrogens is 2. The van der Waals surface area contributed by atoms with Crippen molar-refractivity contribution >= 4 is 17.3 Å². The summed E-state index contributed by atoms with van der Waals surface area (Å²) in [5.74, 6) is -0.669. The second-order valence-electron chi connectivity index (χ2n) is 6.86. The molecule has 0 saturated heterocycles. The molecule has 0 unspecified atom stereocenters. The number of carbonyl (C=O) groups excluding carboxylic acids is 1. The van der Waals surface area contributed by atoms with Crippen LogP contribution in [0.25, 0.3) is 0 Å². The minimum atomic E-state index is -0.730. The van der Waals surface area contributed by atoms with E-state index in [1.54, 1.807) is 6.92 Å². The standard InChI is InChI=1S/C19H23N5O4/c1-5-15(25)24-14(11-6-8-12(9-7-11)22(2)3)10-13(21-24)16-17(26)20-19(28)23(4)18(16)27/h6-9,14,27H,5,10H2,1-4H3,(H,20,26,28)/t14-/m0/s1. The first-order chi connectivity index (χ1) is 13.2. The summed E-state index contributed by atoms with van der Waals surface area (Å²) in [5, 5.41) is 16.0. The Morgan fingerprint density at radius 2 is 1.93 bits per heavy atom. The molecule has 1 aromatic carbocycles. The monoisotopic (exact) mass is 385 g/mol. The van der Waals surface area contributed by atoms with Crippen molar-refractivity contribution in [3.05, 3.63) is 56.2 Å². The Morgan fingerprint density at radius 1 is 1.29 bits per heavy atom. The molecule has 1 aliphatic rings. The van der Waals surface area contributed by atoms with Gasteiger partial charge in [-0.3, -0.25) is 19.1 Å². The number of hydrazone groups is 1. The number of H-pyrrole nitrogens is 1. The Morgan fingerprint density at radius 3 is 2.50 bits per heavy atom.